The van der Waals surface area contributed by atoms with Gasteiger partial charge in [-0.3, -0.25) is 0 Å². The Morgan fingerprint density at radius 2 is 1.12 bits per heavy atom. The van der Waals surface area contributed by atoms with Gasteiger partial charge in [0.05, 0.1) is 48.1 Å². The quantitative estimate of drug-likeness (QED) is 0.398. The van der Waals surface area contributed by atoms with E-state index in [2.05, 4.69) is 4.98 Å². The molecule has 0 bridgehead atoms. The van der Waals surface area contributed by atoms with Crippen molar-refractivity contribution in [1.29, 1.82) is 0 Å². The minimum absolute atomic E-state index is 0.216. The van der Waals surface area contributed by atoms with Gasteiger partial charge in [-0.2, -0.15) is 0 Å². The number of aliphatic hydroxyl groups is 1. The van der Waals surface area contributed by atoms with Crippen LogP contribution in [0.25, 0.3) is 22.4 Å². The van der Waals surface area contributed by atoms with Gasteiger partial charge in [0.25, 0.3) is 0 Å². The maximum Gasteiger partial charge on any atom is 0.0853 e. The highest BCUT2D eigenvalue weighted by molar-refractivity contribution is 6.50. The molecule has 0 saturated carbocycles. The summed E-state index contributed by atoms with van der Waals surface area (Å²) in [5.74, 6) is 0. The second kappa shape index (κ2) is 8.12. The van der Waals surface area contributed by atoms with Crippen LogP contribution in [-0.4, -0.2) is 10.1 Å². The molecule has 1 N–H and O–H groups in total. The van der Waals surface area contributed by atoms with Gasteiger partial charge in [0.1, 0.15) is 0 Å². The maximum atomic E-state index is 9.47. The van der Waals surface area contributed by atoms with Crippen LogP contribution in [0.5, 0.6) is 0 Å². The zero-order valence-electron chi connectivity index (χ0n) is 12.8. The molecule has 0 aliphatic rings. The molecule has 3 aromatic rings. The summed E-state index contributed by atoms with van der Waals surface area (Å²) in [6.45, 7) is -0.235. The lowest BCUT2D eigenvalue weighted by atomic mass is 9.98. The molecule has 134 valence electrons. The Kier molecular flexibility index (Phi) is 6.25. The number of nitrogens with zero attached hydrogens (tertiary/aromatic N) is 1. The summed E-state index contributed by atoms with van der Waals surface area (Å²) in [7, 11) is 0. The summed E-state index contributed by atoms with van der Waals surface area (Å²) in [4.78, 5) is 4.49. The average Bonchev–Trinajstić information content (AvgIpc) is 2.64. The Bertz CT molecular complexity index is 1010. The molecule has 0 aliphatic heterocycles. The van der Waals surface area contributed by atoms with E-state index in [1.54, 1.807) is 36.4 Å². The minimum atomic E-state index is -0.235. The van der Waals surface area contributed by atoms with E-state index in [0.29, 0.717) is 38.1 Å². The van der Waals surface area contributed by atoms with E-state index < -0.39 is 0 Å². The van der Waals surface area contributed by atoms with Gasteiger partial charge in [0, 0.05) is 16.7 Å². The molecule has 1 aromatic heterocycles. The van der Waals surface area contributed by atoms with Gasteiger partial charge in [-0.25, -0.2) is 4.98 Å². The highest BCUT2D eigenvalue weighted by Gasteiger charge is 2.19. The van der Waals surface area contributed by atoms with Crippen molar-refractivity contribution < 1.29 is 5.11 Å². The first-order valence-corrected chi connectivity index (χ1v) is 9.50. The Morgan fingerprint density at radius 1 is 0.615 bits per heavy atom. The molecule has 1 heterocycles. The number of benzene rings is 2. The SMILES string of the molecule is OCc1ccc(-c2ccc(Cl)c(Cl)c2Cl)c(-c2ccc(Cl)c(Cl)c2Cl)n1. The Labute approximate surface area is 180 Å². The highest BCUT2D eigenvalue weighted by Crippen LogP contribution is 2.44. The maximum absolute atomic E-state index is 9.47. The summed E-state index contributed by atoms with van der Waals surface area (Å²) >= 11 is 37.2. The Hall–Kier alpha value is -0.710. The highest BCUT2D eigenvalue weighted by atomic mass is 35.5. The van der Waals surface area contributed by atoms with Gasteiger partial charge in [-0.15, -0.1) is 0 Å². The number of hydrogen-bond donors (Lipinski definition) is 1. The van der Waals surface area contributed by atoms with E-state index in [9.17, 15) is 5.11 Å². The number of hydrogen-bond acceptors (Lipinski definition) is 2. The van der Waals surface area contributed by atoms with Crippen molar-refractivity contribution >= 4 is 69.6 Å². The van der Waals surface area contributed by atoms with Crippen LogP contribution in [0.1, 0.15) is 5.69 Å². The predicted molar refractivity (Wildman–Crippen MR) is 111 cm³/mol. The number of aromatic nitrogens is 1. The lowest BCUT2D eigenvalue weighted by Crippen LogP contribution is -1.97. The van der Waals surface area contributed by atoms with Gasteiger partial charge in [0.2, 0.25) is 0 Å². The summed E-state index contributed by atoms with van der Waals surface area (Å²) in [5, 5.41) is 11.1. The second-order valence-electron chi connectivity index (χ2n) is 5.30. The molecule has 2 nitrogen and oxygen atoms in total. The van der Waals surface area contributed by atoms with E-state index >= 15 is 0 Å². The van der Waals surface area contributed by atoms with Crippen molar-refractivity contribution in [3.05, 3.63) is 72.2 Å². The molecule has 0 saturated heterocycles. The van der Waals surface area contributed by atoms with Crippen LogP contribution in [-0.2, 0) is 6.61 Å². The molecule has 0 amide bonds. The van der Waals surface area contributed by atoms with Gasteiger partial charge in [-0.05, 0) is 24.3 Å². The molecule has 26 heavy (non-hydrogen) atoms. The van der Waals surface area contributed by atoms with Gasteiger partial charge in [0.15, 0.2) is 0 Å². The van der Waals surface area contributed by atoms with E-state index in [-0.39, 0.29) is 26.7 Å². The zero-order valence-corrected chi connectivity index (χ0v) is 17.4. The molecule has 3 rings (SSSR count). The fourth-order valence-electron chi connectivity index (χ4n) is 2.45. The van der Waals surface area contributed by atoms with Crippen LogP contribution in [0.2, 0.25) is 30.1 Å². The third-order valence-corrected chi connectivity index (χ3v) is 6.32. The largest absolute Gasteiger partial charge is 0.390 e. The van der Waals surface area contributed by atoms with Gasteiger partial charge >= 0.3 is 0 Å². The zero-order chi connectivity index (χ0) is 19.0. The molecule has 8 heteroatoms. The third kappa shape index (κ3) is 3.65. The van der Waals surface area contributed by atoms with E-state index in [1.165, 1.54) is 0 Å². The molecule has 0 spiro atoms. The lowest BCUT2D eigenvalue weighted by molar-refractivity contribution is 0.277. The predicted octanol–water partition coefficient (Wildman–Crippen LogP) is 7.83. The number of rotatable bonds is 3. The van der Waals surface area contributed by atoms with E-state index in [0.717, 1.165) is 0 Å². The first-order valence-electron chi connectivity index (χ1n) is 7.23. The normalized spacial score (nSPS) is 11.0. The Morgan fingerprint density at radius 3 is 1.69 bits per heavy atom. The Balaban J connectivity index is 2.33. The minimum Gasteiger partial charge on any atom is -0.390 e. The van der Waals surface area contributed by atoms with E-state index in [4.69, 9.17) is 69.6 Å². The summed E-state index contributed by atoms with van der Waals surface area (Å²) < 4.78 is 0. The van der Waals surface area contributed by atoms with Crippen molar-refractivity contribution in [2.75, 3.05) is 0 Å². The van der Waals surface area contributed by atoms with Crippen LogP contribution in [0.4, 0.5) is 0 Å². The smallest absolute Gasteiger partial charge is 0.0853 e. The number of aliphatic hydroxyl groups excluding tert-OH is 1. The third-order valence-electron chi connectivity index (χ3n) is 3.73. The van der Waals surface area contributed by atoms with Crippen LogP contribution in [0.15, 0.2) is 36.4 Å². The number of halogens is 6. The summed E-state index contributed by atoms with van der Waals surface area (Å²) in [5.41, 5.74) is 2.78. The first-order chi connectivity index (χ1) is 12.3. The van der Waals surface area contributed by atoms with Crippen molar-refractivity contribution in [1.82, 2.24) is 4.98 Å². The topological polar surface area (TPSA) is 33.1 Å². The van der Waals surface area contributed by atoms with Crippen molar-refractivity contribution in [3.63, 3.8) is 0 Å². The van der Waals surface area contributed by atoms with Gasteiger partial charge in [-0.1, -0.05) is 81.7 Å². The summed E-state index contributed by atoms with van der Waals surface area (Å²) in [6, 6.07) is 10.2. The fraction of sp³-hybridized carbons (Fsp3) is 0.0556. The molecule has 0 aliphatic carbocycles. The molecule has 0 radical (unpaired) electrons. The molecule has 0 unspecified atom stereocenters. The molecule has 0 fully saturated rings. The average molecular weight is 468 g/mol. The molecule has 2 aromatic carbocycles. The standard InChI is InChI=1S/C18H9Cl6NO/c19-12-5-3-9(14(21)16(12)23)10-2-1-8(7-26)25-18(10)11-4-6-13(20)17(24)15(11)22/h1-6,26H,7H2. The lowest BCUT2D eigenvalue weighted by Gasteiger charge is -2.15. The molecular formula is C18H9Cl6NO. The van der Waals surface area contributed by atoms with Crippen molar-refractivity contribution in [2.45, 2.75) is 6.61 Å². The molecule has 0 atom stereocenters. The number of pyridine rings is 1. The fourth-order valence-corrected chi connectivity index (χ4v) is 3.72. The van der Waals surface area contributed by atoms with Crippen LogP contribution < -0.4 is 0 Å². The van der Waals surface area contributed by atoms with Crippen LogP contribution in [0.3, 0.4) is 0 Å². The van der Waals surface area contributed by atoms with Crippen molar-refractivity contribution in [2.24, 2.45) is 0 Å². The monoisotopic (exact) mass is 465 g/mol. The van der Waals surface area contributed by atoms with Crippen LogP contribution >= 0.6 is 69.6 Å². The second-order valence-corrected chi connectivity index (χ2v) is 7.63. The first kappa shape index (κ1) is 20.0. The summed E-state index contributed by atoms with van der Waals surface area (Å²) in [6.07, 6.45) is 0. The molecular weight excluding hydrogens is 459 g/mol. The van der Waals surface area contributed by atoms with Crippen molar-refractivity contribution in [3.8, 4) is 22.4 Å². The van der Waals surface area contributed by atoms with Gasteiger partial charge < -0.3 is 5.11 Å². The van der Waals surface area contributed by atoms with Crippen LogP contribution in [0, 0.1) is 0 Å². The van der Waals surface area contributed by atoms with E-state index in [1.807, 2.05) is 0 Å².